The Hall–Kier alpha value is -1.88. The van der Waals surface area contributed by atoms with Gasteiger partial charge in [-0.15, -0.1) is 0 Å². The predicted octanol–water partition coefficient (Wildman–Crippen LogP) is 1.52. The van der Waals surface area contributed by atoms with E-state index in [1.165, 1.54) is 17.8 Å². The molecule has 5 atom stereocenters. The highest BCUT2D eigenvalue weighted by molar-refractivity contribution is 8.13. The number of carbonyl (C=O) groups excluding carboxylic acids is 1. The normalized spacial score (nSPS) is 27.1. The van der Waals surface area contributed by atoms with Gasteiger partial charge in [-0.25, -0.2) is 14.2 Å². The number of anilines is 1. The summed E-state index contributed by atoms with van der Waals surface area (Å²) in [5.74, 6) is 0.494. The van der Waals surface area contributed by atoms with Crippen molar-refractivity contribution < 1.29 is 38.1 Å². The Labute approximate surface area is 248 Å². The van der Waals surface area contributed by atoms with Crippen LogP contribution in [0.1, 0.15) is 47.3 Å². The average molecular weight is 633 g/mol. The van der Waals surface area contributed by atoms with Crippen LogP contribution in [0.5, 0.6) is 0 Å². The second-order valence-corrected chi connectivity index (χ2v) is 14.8. The summed E-state index contributed by atoms with van der Waals surface area (Å²) >= 11 is 1.13. The first-order chi connectivity index (χ1) is 19.7. The Morgan fingerprint density at radius 2 is 2.05 bits per heavy atom. The number of nitrogens with one attached hydrogen (secondary N) is 1. The van der Waals surface area contributed by atoms with Crippen LogP contribution in [0, 0.1) is 11.3 Å². The van der Waals surface area contributed by atoms with E-state index in [9.17, 15) is 24.4 Å². The van der Waals surface area contributed by atoms with Crippen molar-refractivity contribution in [3.05, 3.63) is 16.7 Å². The van der Waals surface area contributed by atoms with Crippen LogP contribution in [0.15, 0.2) is 11.1 Å². The molecule has 4 rings (SSSR count). The summed E-state index contributed by atoms with van der Waals surface area (Å²) in [6.45, 7) is 10.2. The highest BCUT2D eigenvalue weighted by atomic mass is 32.2. The summed E-state index contributed by atoms with van der Waals surface area (Å²) in [4.78, 5) is 35.4. The molecular weight excluding hydrogens is 591 g/mol. The molecule has 0 amide bonds. The third-order valence-corrected chi connectivity index (χ3v) is 10.5. The number of aromatic amines is 1. The molecule has 0 aromatic carbocycles. The Balaban J connectivity index is 1.44. The molecule has 5 N–H and O–H groups in total. The summed E-state index contributed by atoms with van der Waals surface area (Å²) in [5, 5.41) is 22.2. The number of H-pyrrole nitrogens is 1. The number of aliphatic hydroxyl groups excluding tert-OH is 1. The number of imidazole rings is 1. The van der Waals surface area contributed by atoms with Crippen molar-refractivity contribution in [3.63, 3.8) is 0 Å². The number of nitrogens with two attached hydrogens (primary N) is 1. The first-order valence-electron chi connectivity index (χ1n) is 13.8. The molecule has 0 saturated carbocycles. The minimum atomic E-state index is -3.91. The number of thioether (sulfide) groups is 1. The number of fused-ring (bicyclic) bond motifs is 1. The molecule has 0 aliphatic carbocycles. The van der Waals surface area contributed by atoms with E-state index in [1.807, 2.05) is 13.8 Å². The van der Waals surface area contributed by atoms with Crippen molar-refractivity contribution in [1.29, 1.82) is 0 Å². The summed E-state index contributed by atoms with van der Waals surface area (Å²) in [6.07, 6.45) is -1.83. The van der Waals surface area contributed by atoms with Crippen molar-refractivity contribution in [2.45, 2.75) is 65.1 Å². The predicted molar refractivity (Wildman–Crippen MR) is 156 cm³/mol. The highest BCUT2D eigenvalue weighted by Crippen LogP contribution is 2.53. The molecule has 2 aliphatic rings. The summed E-state index contributed by atoms with van der Waals surface area (Å²) in [6, 6.07) is 0. The van der Waals surface area contributed by atoms with Gasteiger partial charge in [0.25, 0.3) is 5.56 Å². The molecular formula is C25H41N6O9PS. The highest BCUT2D eigenvalue weighted by Gasteiger charge is 2.54. The largest absolute Gasteiger partial charge is 0.408 e. The lowest BCUT2D eigenvalue weighted by atomic mass is 9.85. The fourth-order valence-corrected chi connectivity index (χ4v) is 7.91. The Kier molecular flexibility index (Phi) is 10.2. The molecule has 4 heterocycles. The van der Waals surface area contributed by atoms with Crippen LogP contribution < -0.4 is 11.3 Å². The van der Waals surface area contributed by atoms with Crippen LogP contribution in [0.2, 0.25) is 0 Å². The topological polar surface area (TPSA) is 204 Å². The molecule has 42 heavy (non-hydrogen) atoms. The standard InChI is InChI=1S/C25H41N6O9PS/c1-15(2)12-24(3,4)22(34)42-11-10-38-41(36,30-6-8-37-9-7-30)39-13-16-18(32)25(5,35)21(40-16)31-14-27-17-19(31)28-23(26)29-20(17)33/h14-16,18,21,32,35H,6-13H2,1-5H3,(H3,26,28,29,33). The molecule has 0 radical (unpaired) electrons. The Morgan fingerprint density at radius 1 is 1.36 bits per heavy atom. The van der Waals surface area contributed by atoms with Gasteiger partial charge in [0, 0.05) is 24.3 Å². The van der Waals surface area contributed by atoms with E-state index in [1.54, 1.807) is 4.67 Å². The summed E-state index contributed by atoms with van der Waals surface area (Å²) < 4.78 is 39.8. The van der Waals surface area contributed by atoms with Crippen LogP contribution in [-0.2, 0) is 27.9 Å². The van der Waals surface area contributed by atoms with Crippen molar-refractivity contribution in [2.24, 2.45) is 11.3 Å². The third-order valence-electron chi connectivity index (χ3n) is 7.24. The van der Waals surface area contributed by atoms with E-state index >= 15 is 0 Å². The number of nitrogen functional groups attached to an aromatic ring is 1. The smallest absolute Gasteiger partial charge is 0.387 e. The maximum absolute atomic E-state index is 14.0. The molecule has 15 nitrogen and oxygen atoms in total. The molecule has 0 spiro atoms. The van der Waals surface area contributed by atoms with Crippen LogP contribution in [0.3, 0.4) is 0 Å². The number of ether oxygens (including phenoxy) is 2. The third kappa shape index (κ3) is 7.08. The fourth-order valence-electron chi connectivity index (χ4n) is 5.25. The van der Waals surface area contributed by atoms with E-state index in [4.69, 9.17) is 24.3 Å². The van der Waals surface area contributed by atoms with E-state index in [0.717, 1.165) is 18.2 Å². The van der Waals surface area contributed by atoms with Gasteiger partial charge in [0.15, 0.2) is 22.5 Å². The van der Waals surface area contributed by atoms with Crippen LogP contribution in [0.4, 0.5) is 5.95 Å². The molecule has 17 heteroatoms. The van der Waals surface area contributed by atoms with Crippen LogP contribution >= 0.6 is 19.5 Å². The number of aliphatic hydroxyl groups is 2. The quantitative estimate of drug-likeness (QED) is 0.194. The van der Waals surface area contributed by atoms with Crippen molar-refractivity contribution in [3.8, 4) is 0 Å². The van der Waals surface area contributed by atoms with Crippen molar-refractivity contribution in [1.82, 2.24) is 24.2 Å². The Morgan fingerprint density at radius 3 is 2.71 bits per heavy atom. The zero-order valence-electron chi connectivity index (χ0n) is 24.5. The van der Waals surface area contributed by atoms with Crippen molar-refractivity contribution >= 4 is 41.7 Å². The van der Waals surface area contributed by atoms with Gasteiger partial charge in [-0.1, -0.05) is 39.5 Å². The van der Waals surface area contributed by atoms with Gasteiger partial charge in [0.1, 0.15) is 17.8 Å². The number of rotatable bonds is 12. The number of nitrogens with zero attached hydrogens (tertiary/aromatic N) is 4. The second kappa shape index (κ2) is 13.0. The number of hydrogen-bond acceptors (Lipinski definition) is 13. The van der Waals surface area contributed by atoms with E-state index in [2.05, 4.69) is 28.8 Å². The summed E-state index contributed by atoms with van der Waals surface area (Å²) in [5.41, 5.74) is 2.79. The van der Waals surface area contributed by atoms with E-state index < -0.39 is 49.4 Å². The first-order valence-corrected chi connectivity index (χ1v) is 16.3. The maximum atomic E-state index is 14.0. The maximum Gasteiger partial charge on any atom is 0.408 e. The van der Waals surface area contributed by atoms with E-state index in [-0.39, 0.29) is 34.6 Å². The molecule has 2 saturated heterocycles. The van der Waals surface area contributed by atoms with Crippen LogP contribution in [0.25, 0.3) is 11.2 Å². The van der Waals surface area contributed by atoms with Gasteiger partial charge < -0.3 is 25.4 Å². The minimum absolute atomic E-state index is 0.0140. The van der Waals surface area contributed by atoms with Gasteiger partial charge in [0.2, 0.25) is 5.95 Å². The van der Waals surface area contributed by atoms with Gasteiger partial charge >= 0.3 is 7.75 Å². The average Bonchev–Trinajstić information content (AvgIpc) is 3.43. The lowest BCUT2D eigenvalue weighted by molar-refractivity contribution is -0.118. The van der Waals surface area contributed by atoms with Crippen LogP contribution in [-0.4, -0.2) is 103 Å². The van der Waals surface area contributed by atoms with Gasteiger partial charge in [-0.05, 0) is 19.3 Å². The fraction of sp³-hybridized carbons (Fsp3) is 0.760. The number of carbonyl (C=O) groups is 1. The van der Waals surface area contributed by atoms with Gasteiger partial charge in [-0.2, -0.15) is 4.98 Å². The monoisotopic (exact) mass is 632 g/mol. The second-order valence-electron chi connectivity index (χ2n) is 11.8. The first kappa shape index (κ1) is 33.0. The number of aromatic nitrogens is 4. The molecule has 0 bridgehead atoms. The Bertz CT molecular complexity index is 1360. The van der Waals surface area contributed by atoms with Gasteiger partial charge in [0.05, 0.1) is 32.8 Å². The lowest BCUT2D eigenvalue weighted by Crippen LogP contribution is -2.44. The molecule has 5 unspecified atom stereocenters. The zero-order valence-corrected chi connectivity index (χ0v) is 26.2. The number of morpholine rings is 1. The SMILES string of the molecule is CC(C)CC(C)(C)C(=O)SCCOP(=O)(OCC1OC(n2cnc3c(=O)[nH]c(N)nc32)C(C)(O)C1O)N1CCOCC1. The molecule has 236 valence electrons. The lowest BCUT2D eigenvalue weighted by Gasteiger charge is -2.33. The molecule has 2 fully saturated rings. The summed E-state index contributed by atoms with van der Waals surface area (Å²) in [7, 11) is -3.91. The van der Waals surface area contributed by atoms with Crippen molar-refractivity contribution in [2.75, 3.05) is 51.0 Å². The van der Waals surface area contributed by atoms with Gasteiger partial charge in [-0.3, -0.25) is 28.2 Å². The molecule has 2 aliphatic heterocycles. The minimum Gasteiger partial charge on any atom is -0.387 e. The molecule has 2 aromatic rings. The van der Waals surface area contributed by atoms with E-state index in [0.29, 0.717) is 32.2 Å². The molecule has 2 aromatic heterocycles. The number of hydrogen-bond donors (Lipinski definition) is 4. The zero-order chi connectivity index (χ0) is 30.9.